The number of fused-ring (bicyclic) bond motifs is 1. The summed E-state index contributed by atoms with van der Waals surface area (Å²) in [5.41, 5.74) is 4.89. The van der Waals surface area contributed by atoms with Crippen LogP contribution in [0, 0.1) is 0 Å². The fourth-order valence-electron chi connectivity index (χ4n) is 4.31. The maximum atomic E-state index is 6.13. The van der Waals surface area contributed by atoms with E-state index >= 15 is 0 Å². The molecule has 0 spiro atoms. The lowest BCUT2D eigenvalue weighted by Gasteiger charge is -2.15. The molecule has 0 aliphatic carbocycles. The molecule has 1 aromatic heterocycles. The Hall–Kier alpha value is -2.11. The van der Waals surface area contributed by atoms with Gasteiger partial charge in [-0.3, -0.25) is 4.99 Å². The molecule has 5 heteroatoms. The minimum atomic E-state index is 0.230. The molecule has 0 N–H and O–H groups in total. The van der Waals surface area contributed by atoms with Gasteiger partial charge < -0.3 is 4.74 Å². The molecule has 186 valence electrons. The van der Waals surface area contributed by atoms with E-state index in [0.717, 1.165) is 51.9 Å². The summed E-state index contributed by atoms with van der Waals surface area (Å²) < 4.78 is 7.37. The summed E-state index contributed by atoms with van der Waals surface area (Å²) in [4.78, 5) is 9.66. The summed E-state index contributed by atoms with van der Waals surface area (Å²) in [6.45, 7) is 10.6. The first kappa shape index (κ1) is 26.0. The van der Waals surface area contributed by atoms with Gasteiger partial charge >= 0.3 is 0 Å². The molecule has 1 aliphatic heterocycles. The van der Waals surface area contributed by atoms with E-state index in [0.29, 0.717) is 0 Å². The topological polar surface area (TPSA) is 34.5 Å². The van der Waals surface area contributed by atoms with E-state index in [1.165, 1.54) is 47.9 Å². The van der Waals surface area contributed by atoms with Crippen molar-refractivity contribution < 1.29 is 4.74 Å². The molecule has 2 aromatic carbocycles. The lowest BCUT2D eigenvalue weighted by atomic mass is 10.0. The van der Waals surface area contributed by atoms with Crippen molar-refractivity contribution in [2.75, 3.05) is 5.75 Å². The minimum absolute atomic E-state index is 0.230. The highest BCUT2D eigenvalue weighted by Crippen LogP contribution is 2.32. The summed E-state index contributed by atoms with van der Waals surface area (Å²) >= 11 is 3.55. The number of aliphatic imine (C=N–C) groups is 1. The van der Waals surface area contributed by atoms with Crippen LogP contribution in [-0.4, -0.2) is 27.9 Å². The first-order chi connectivity index (χ1) is 17.0. The maximum absolute atomic E-state index is 6.13. The molecule has 2 heterocycles. The third-order valence-corrected chi connectivity index (χ3v) is 8.74. The molecule has 1 unspecified atom stereocenters. The molecule has 0 saturated carbocycles. The molecule has 0 bridgehead atoms. The highest BCUT2D eigenvalue weighted by molar-refractivity contribution is 8.15. The van der Waals surface area contributed by atoms with Crippen LogP contribution in [0.5, 0.6) is 5.75 Å². The molecule has 0 fully saturated rings. The van der Waals surface area contributed by atoms with E-state index < -0.39 is 0 Å². The highest BCUT2D eigenvalue weighted by Gasteiger charge is 2.22. The van der Waals surface area contributed by atoms with Gasteiger partial charge in [-0.2, -0.15) is 0 Å². The third kappa shape index (κ3) is 7.44. The van der Waals surface area contributed by atoms with Crippen LogP contribution in [0.15, 0.2) is 59.6 Å². The normalized spacial score (nSPS) is 16.4. The van der Waals surface area contributed by atoms with Gasteiger partial charge in [-0.1, -0.05) is 63.0 Å². The average Bonchev–Trinajstić information content (AvgIpc) is 3.51. The summed E-state index contributed by atoms with van der Waals surface area (Å²) in [7, 11) is 0. The molecule has 0 saturated heterocycles. The molecule has 3 nitrogen and oxygen atoms in total. The Morgan fingerprint density at radius 3 is 2.54 bits per heavy atom. The lowest BCUT2D eigenvalue weighted by molar-refractivity contribution is 0.206. The van der Waals surface area contributed by atoms with Gasteiger partial charge in [0.2, 0.25) is 0 Å². The molecule has 2 atom stereocenters. The second-order valence-corrected chi connectivity index (χ2v) is 11.7. The van der Waals surface area contributed by atoms with Crippen LogP contribution in [0.25, 0.3) is 10.2 Å². The van der Waals surface area contributed by atoms with E-state index in [1.54, 1.807) is 23.1 Å². The summed E-state index contributed by atoms with van der Waals surface area (Å²) in [5, 5.41) is 2.10. The number of unbranched alkanes of at least 4 members (excludes halogenated alkanes) is 4. The smallest absolute Gasteiger partial charge is 0.149 e. The van der Waals surface area contributed by atoms with Crippen LogP contribution in [0.4, 0.5) is 0 Å². The zero-order valence-electron chi connectivity index (χ0n) is 21.4. The van der Waals surface area contributed by atoms with Crippen LogP contribution in [0.2, 0.25) is 0 Å². The number of thioether (sulfide) groups is 1. The van der Waals surface area contributed by atoms with Crippen molar-refractivity contribution in [1.29, 1.82) is 0 Å². The standard InChI is InChI=1S/C30H38N2OS2/c1-5-6-7-8-9-10-22(4)33-25-16-13-23(14-17-25)11-12-24-15-18-26-28(19-24)35-30(31-26)29-32-27(20-34-29)21(2)3/h13-19,22,27H,2,5-12,20H2,1,3-4H3/t22?,27-/m1/s1. The van der Waals surface area contributed by atoms with E-state index in [4.69, 9.17) is 14.7 Å². The van der Waals surface area contributed by atoms with Gasteiger partial charge in [-0.25, -0.2) is 4.98 Å². The Morgan fingerprint density at radius 2 is 1.80 bits per heavy atom. The van der Waals surface area contributed by atoms with Gasteiger partial charge in [0.1, 0.15) is 15.8 Å². The number of aryl methyl sites for hydroxylation is 2. The number of hydrogen-bond donors (Lipinski definition) is 0. The Bertz CT molecular complexity index is 1150. The SMILES string of the molecule is C=C(C)[C@H]1CSC(c2nc3ccc(CCc4ccc(OC(C)CCCCCCC)cc4)cc3s2)=N1. The van der Waals surface area contributed by atoms with Crippen LogP contribution in [0.1, 0.15) is 75.4 Å². The fraction of sp³-hybridized carbons (Fsp3) is 0.467. The number of thiazole rings is 1. The first-order valence-corrected chi connectivity index (χ1v) is 14.8. The molecule has 3 aromatic rings. The van der Waals surface area contributed by atoms with Crippen molar-refractivity contribution in [1.82, 2.24) is 4.98 Å². The minimum Gasteiger partial charge on any atom is -0.491 e. The molecular weight excluding hydrogens is 468 g/mol. The van der Waals surface area contributed by atoms with Crippen LogP contribution < -0.4 is 4.74 Å². The van der Waals surface area contributed by atoms with E-state index in [1.807, 2.05) is 0 Å². The number of ether oxygens (including phenoxy) is 1. The average molecular weight is 507 g/mol. The van der Waals surface area contributed by atoms with Crippen molar-refractivity contribution >= 4 is 38.4 Å². The monoisotopic (exact) mass is 506 g/mol. The van der Waals surface area contributed by atoms with Crippen molar-refractivity contribution in [3.63, 3.8) is 0 Å². The molecular formula is C30H38N2OS2. The van der Waals surface area contributed by atoms with Crippen LogP contribution in [-0.2, 0) is 12.8 Å². The van der Waals surface area contributed by atoms with Gasteiger partial charge in [0.15, 0.2) is 0 Å². The van der Waals surface area contributed by atoms with Gasteiger partial charge in [-0.05, 0) is 74.9 Å². The van der Waals surface area contributed by atoms with Gasteiger partial charge in [0, 0.05) is 5.75 Å². The number of rotatable bonds is 13. The number of benzene rings is 2. The van der Waals surface area contributed by atoms with Crippen molar-refractivity contribution in [3.8, 4) is 5.75 Å². The molecule has 4 rings (SSSR count). The Labute approximate surface area is 219 Å². The second-order valence-electron chi connectivity index (χ2n) is 9.70. The van der Waals surface area contributed by atoms with Gasteiger partial charge in [0.05, 0.1) is 22.4 Å². The quantitative estimate of drug-likeness (QED) is 0.172. The van der Waals surface area contributed by atoms with E-state index in [2.05, 4.69) is 69.8 Å². The number of nitrogens with zero attached hydrogens (tertiary/aromatic N) is 2. The highest BCUT2D eigenvalue weighted by atomic mass is 32.2. The fourth-order valence-corrected chi connectivity index (χ4v) is 6.58. The largest absolute Gasteiger partial charge is 0.491 e. The van der Waals surface area contributed by atoms with Crippen LogP contribution >= 0.6 is 23.1 Å². The third-order valence-electron chi connectivity index (χ3n) is 6.53. The Morgan fingerprint density at radius 1 is 1.06 bits per heavy atom. The zero-order chi connectivity index (χ0) is 24.6. The van der Waals surface area contributed by atoms with E-state index in [9.17, 15) is 0 Å². The van der Waals surface area contributed by atoms with E-state index in [-0.39, 0.29) is 12.1 Å². The first-order valence-electron chi connectivity index (χ1n) is 13.0. The molecule has 0 radical (unpaired) electrons. The summed E-state index contributed by atoms with van der Waals surface area (Å²) in [6.07, 6.45) is 10.0. The lowest BCUT2D eigenvalue weighted by Crippen LogP contribution is -2.11. The Balaban J connectivity index is 1.28. The van der Waals surface area contributed by atoms with Crippen molar-refractivity contribution in [3.05, 3.63) is 70.8 Å². The summed E-state index contributed by atoms with van der Waals surface area (Å²) in [6, 6.07) is 15.6. The predicted octanol–water partition coefficient (Wildman–Crippen LogP) is 8.65. The predicted molar refractivity (Wildman–Crippen MR) is 155 cm³/mol. The van der Waals surface area contributed by atoms with Crippen molar-refractivity contribution in [2.45, 2.75) is 84.3 Å². The van der Waals surface area contributed by atoms with Crippen molar-refractivity contribution in [2.24, 2.45) is 4.99 Å². The van der Waals surface area contributed by atoms with Gasteiger partial charge in [0.25, 0.3) is 0 Å². The molecule has 1 aliphatic rings. The second kappa shape index (κ2) is 12.7. The van der Waals surface area contributed by atoms with Gasteiger partial charge in [-0.15, -0.1) is 23.1 Å². The number of aromatic nitrogens is 1. The molecule has 0 amide bonds. The zero-order valence-corrected chi connectivity index (χ0v) is 23.0. The maximum Gasteiger partial charge on any atom is 0.149 e. The molecule has 35 heavy (non-hydrogen) atoms. The summed E-state index contributed by atoms with van der Waals surface area (Å²) in [5.74, 6) is 1.96. The van der Waals surface area contributed by atoms with Crippen LogP contribution in [0.3, 0.4) is 0 Å². The Kier molecular flexibility index (Phi) is 9.45. The number of hydrogen-bond acceptors (Lipinski definition) is 5.